The largest absolute Gasteiger partial charge is 0.392 e. The van der Waals surface area contributed by atoms with Gasteiger partial charge < -0.3 is 10.8 Å². The Kier molecular flexibility index (Phi) is 3.28. The molecule has 94 valence electrons. The first-order chi connectivity index (χ1) is 7.98. The minimum Gasteiger partial charge on any atom is -0.392 e. The van der Waals surface area contributed by atoms with Gasteiger partial charge in [0, 0.05) is 25.5 Å². The number of rotatable bonds is 3. The Labute approximate surface area is 98.7 Å². The second-order valence-electron chi connectivity index (χ2n) is 4.68. The van der Waals surface area contributed by atoms with E-state index in [1.807, 2.05) is 0 Å². The molecule has 1 heterocycles. The van der Waals surface area contributed by atoms with Crippen LogP contribution >= 0.6 is 0 Å². The van der Waals surface area contributed by atoms with Crippen LogP contribution in [0.25, 0.3) is 0 Å². The van der Waals surface area contributed by atoms with Crippen molar-refractivity contribution < 1.29 is 13.9 Å². The van der Waals surface area contributed by atoms with Crippen LogP contribution in [0.3, 0.4) is 0 Å². The maximum atomic E-state index is 13.0. The zero-order valence-electron chi connectivity index (χ0n) is 9.44. The number of pyridine rings is 1. The summed E-state index contributed by atoms with van der Waals surface area (Å²) in [5.41, 5.74) is 6.37. The number of aromatic nitrogens is 1. The Hall–Kier alpha value is -1.23. The smallest absolute Gasteiger partial charge is 0.248 e. The topological polar surface area (TPSA) is 59.1 Å². The lowest BCUT2D eigenvalue weighted by molar-refractivity contribution is -0.00478. The third-order valence-electron chi connectivity index (χ3n) is 3.34. The first-order valence-electron chi connectivity index (χ1n) is 5.73. The van der Waals surface area contributed by atoms with Crippen molar-refractivity contribution >= 4 is 5.82 Å². The number of hydrogen-bond acceptors (Lipinski definition) is 3. The van der Waals surface area contributed by atoms with Gasteiger partial charge in [0.2, 0.25) is 5.92 Å². The van der Waals surface area contributed by atoms with Crippen LogP contribution in [0.4, 0.5) is 14.6 Å². The highest BCUT2D eigenvalue weighted by Gasteiger charge is 2.42. The second kappa shape index (κ2) is 4.56. The number of hydrogen-bond donors (Lipinski definition) is 2. The standard InChI is InChI=1S/C12H16F2N2O/c13-12(14)4-3-9(7-12)10(17)6-8-2-1-5-16-11(8)15/h1-2,5,9-10,17H,3-4,6-7H2,(H2,15,16). The van der Waals surface area contributed by atoms with Crippen molar-refractivity contribution in [2.24, 2.45) is 5.92 Å². The lowest BCUT2D eigenvalue weighted by atomic mass is 9.95. The van der Waals surface area contributed by atoms with Crippen LogP contribution in [0.5, 0.6) is 0 Å². The molecule has 0 saturated heterocycles. The lowest BCUT2D eigenvalue weighted by Crippen LogP contribution is -2.23. The molecule has 17 heavy (non-hydrogen) atoms. The van der Waals surface area contributed by atoms with Gasteiger partial charge in [-0.05, 0) is 24.0 Å². The molecule has 1 saturated carbocycles. The summed E-state index contributed by atoms with van der Waals surface area (Å²) in [5, 5.41) is 9.94. The van der Waals surface area contributed by atoms with Crippen molar-refractivity contribution in [3.8, 4) is 0 Å². The summed E-state index contributed by atoms with van der Waals surface area (Å²) >= 11 is 0. The molecule has 1 aromatic rings. The van der Waals surface area contributed by atoms with Crippen LogP contribution in [0, 0.1) is 5.92 Å². The van der Waals surface area contributed by atoms with Gasteiger partial charge in [-0.1, -0.05) is 6.07 Å². The minimum absolute atomic E-state index is 0.128. The average molecular weight is 242 g/mol. The van der Waals surface area contributed by atoms with Gasteiger partial charge in [0.05, 0.1) is 6.10 Å². The molecule has 0 spiro atoms. The Morgan fingerprint density at radius 3 is 2.94 bits per heavy atom. The summed E-state index contributed by atoms with van der Waals surface area (Å²) in [6.45, 7) is 0. The number of aliphatic hydroxyl groups excluding tert-OH is 1. The number of alkyl halides is 2. The van der Waals surface area contributed by atoms with E-state index >= 15 is 0 Å². The number of aliphatic hydroxyl groups is 1. The molecule has 3 N–H and O–H groups in total. The van der Waals surface area contributed by atoms with Crippen molar-refractivity contribution in [3.63, 3.8) is 0 Å². The zero-order chi connectivity index (χ0) is 12.5. The average Bonchev–Trinajstić information content (AvgIpc) is 2.62. The molecule has 2 rings (SSSR count). The summed E-state index contributed by atoms with van der Waals surface area (Å²) in [7, 11) is 0. The summed E-state index contributed by atoms with van der Waals surface area (Å²) in [5.74, 6) is -2.60. The molecule has 0 bridgehead atoms. The molecular formula is C12H16F2N2O. The van der Waals surface area contributed by atoms with Gasteiger partial charge in [0.1, 0.15) is 5.82 Å². The normalized spacial score (nSPS) is 24.8. The maximum Gasteiger partial charge on any atom is 0.248 e. The number of nitrogens with two attached hydrogens (primary N) is 1. The third-order valence-corrected chi connectivity index (χ3v) is 3.34. The second-order valence-corrected chi connectivity index (χ2v) is 4.68. The van der Waals surface area contributed by atoms with Crippen molar-refractivity contribution in [1.82, 2.24) is 4.98 Å². The van der Waals surface area contributed by atoms with Gasteiger partial charge in [-0.2, -0.15) is 0 Å². The molecule has 1 aliphatic rings. The molecule has 0 aromatic carbocycles. The Balaban J connectivity index is 1.98. The Morgan fingerprint density at radius 1 is 1.59 bits per heavy atom. The van der Waals surface area contributed by atoms with Gasteiger partial charge >= 0.3 is 0 Å². The van der Waals surface area contributed by atoms with Gasteiger partial charge in [-0.3, -0.25) is 0 Å². The first kappa shape index (κ1) is 12.2. The molecule has 0 radical (unpaired) electrons. The van der Waals surface area contributed by atoms with E-state index in [0.717, 1.165) is 5.56 Å². The predicted molar refractivity (Wildman–Crippen MR) is 60.6 cm³/mol. The molecule has 2 unspecified atom stereocenters. The monoisotopic (exact) mass is 242 g/mol. The molecule has 1 aromatic heterocycles. The maximum absolute atomic E-state index is 13.0. The van der Waals surface area contributed by atoms with Crippen LogP contribution in [-0.4, -0.2) is 22.1 Å². The number of nitrogen functional groups attached to an aromatic ring is 1. The van der Waals surface area contributed by atoms with E-state index in [2.05, 4.69) is 4.98 Å². The van der Waals surface area contributed by atoms with E-state index in [4.69, 9.17) is 5.73 Å². The van der Waals surface area contributed by atoms with Crippen LogP contribution in [0.1, 0.15) is 24.8 Å². The fraction of sp³-hybridized carbons (Fsp3) is 0.583. The minimum atomic E-state index is -2.62. The van der Waals surface area contributed by atoms with Crippen molar-refractivity contribution in [2.45, 2.75) is 37.7 Å². The molecule has 1 aliphatic carbocycles. The summed E-state index contributed by atoms with van der Waals surface area (Å²) in [6.07, 6.45) is 1.10. The summed E-state index contributed by atoms with van der Waals surface area (Å²) in [4.78, 5) is 3.91. The number of halogens is 2. The highest BCUT2D eigenvalue weighted by Crippen LogP contribution is 2.40. The van der Waals surface area contributed by atoms with Crippen molar-refractivity contribution in [3.05, 3.63) is 23.9 Å². The van der Waals surface area contributed by atoms with Crippen molar-refractivity contribution in [2.75, 3.05) is 5.73 Å². The predicted octanol–water partition coefficient (Wildman–Crippen LogP) is 2.00. The summed E-state index contributed by atoms with van der Waals surface area (Å²) < 4.78 is 26.0. The van der Waals surface area contributed by atoms with Crippen LogP contribution in [0.2, 0.25) is 0 Å². The van der Waals surface area contributed by atoms with Gasteiger partial charge in [0.25, 0.3) is 0 Å². The number of nitrogens with zero attached hydrogens (tertiary/aromatic N) is 1. The van der Waals surface area contributed by atoms with Gasteiger partial charge in [-0.15, -0.1) is 0 Å². The summed E-state index contributed by atoms with van der Waals surface area (Å²) in [6, 6.07) is 3.49. The van der Waals surface area contributed by atoms with E-state index in [1.54, 1.807) is 18.3 Å². The van der Waals surface area contributed by atoms with Crippen molar-refractivity contribution in [1.29, 1.82) is 0 Å². The fourth-order valence-corrected chi connectivity index (χ4v) is 2.33. The zero-order valence-corrected chi connectivity index (χ0v) is 9.44. The van der Waals surface area contributed by atoms with Crippen LogP contribution < -0.4 is 5.73 Å². The third kappa shape index (κ3) is 2.91. The Morgan fingerprint density at radius 2 is 2.35 bits per heavy atom. The van der Waals surface area contributed by atoms with E-state index in [9.17, 15) is 13.9 Å². The van der Waals surface area contributed by atoms with E-state index < -0.39 is 12.0 Å². The number of anilines is 1. The fourth-order valence-electron chi connectivity index (χ4n) is 2.33. The highest BCUT2D eigenvalue weighted by atomic mass is 19.3. The van der Waals surface area contributed by atoms with Gasteiger partial charge in [-0.25, -0.2) is 13.8 Å². The van der Waals surface area contributed by atoms with E-state index in [1.165, 1.54) is 0 Å². The SMILES string of the molecule is Nc1ncccc1CC(O)C1CCC(F)(F)C1. The van der Waals surface area contributed by atoms with E-state index in [0.29, 0.717) is 18.7 Å². The molecule has 1 fully saturated rings. The molecular weight excluding hydrogens is 226 g/mol. The lowest BCUT2D eigenvalue weighted by Gasteiger charge is -2.18. The Bertz CT molecular complexity index is 398. The first-order valence-corrected chi connectivity index (χ1v) is 5.73. The van der Waals surface area contributed by atoms with Crippen LogP contribution in [0.15, 0.2) is 18.3 Å². The van der Waals surface area contributed by atoms with Gasteiger partial charge in [0.15, 0.2) is 0 Å². The van der Waals surface area contributed by atoms with Crippen LogP contribution in [-0.2, 0) is 6.42 Å². The quantitative estimate of drug-likeness (QED) is 0.852. The molecule has 2 atom stereocenters. The molecule has 0 aliphatic heterocycles. The molecule has 0 amide bonds. The molecule has 3 nitrogen and oxygen atoms in total. The molecule has 5 heteroatoms. The highest BCUT2D eigenvalue weighted by molar-refractivity contribution is 5.38. The van der Waals surface area contributed by atoms with E-state index in [-0.39, 0.29) is 18.8 Å².